The van der Waals surface area contributed by atoms with Crippen LogP contribution in [0.2, 0.25) is 0 Å². The number of phenols is 4. The third-order valence-corrected chi connectivity index (χ3v) is 5.22. The zero-order valence-electron chi connectivity index (χ0n) is 12.3. The van der Waals surface area contributed by atoms with E-state index in [9.17, 15) is 20.4 Å². The maximum absolute atomic E-state index is 10.4. The zero-order chi connectivity index (χ0) is 15.9. The molecule has 0 saturated carbocycles. The van der Waals surface area contributed by atoms with Crippen LogP contribution in [0, 0.1) is 0 Å². The van der Waals surface area contributed by atoms with Crippen LogP contribution in [-0.4, -0.2) is 20.4 Å². The van der Waals surface area contributed by atoms with Gasteiger partial charge >= 0.3 is 0 Å². The highest BCUT2D eigenvalue weighted by atomic mass is 16.3. The summed E-state index contributed by atoms with van der Waals surface area (Å²) in [5.74, 6) is -0.636. The molecular formula is C18H16O4. The first-order chi connectivity index (χ1) is 10.3. The third kappa shape index (κ3) is 1.24. The number of phenolic OH excluding ortho intramolecular Hbond substituents is 4. The molecule has 0 fully saturated rings. The lowest BCUT2D eigenvalue weighted by atomic mass is 9.54. The fourth-order valence-electron chi connectivity index (χ4n) is 3.94. The fraction of sp³-hybridized carbons (Fsp3) is 0.222. The van der Waals surface area contributed by atoms with Crippen molar-refractivity contribution < 1.29 is 20.4 Å². The van der Waals surface area contributed by atoms with Gasteiger partial charge in [0.05, 0.1) is 0 Å². The first kappa shape index (κ1) is 13.1. The van der Waals surface area contributed by atoms with Crippen molar-refractivity contribution in [2.75, 3.05) is 0 Å². The van der Waals surface area contributed by atoms with Crippen LogP contribution in [0.4, 0.5) is 0 Å². The van der Waals surface area contributed by atoms with Crippen molar-refractivity contribution in [3.8, 4) is 23.0 Å². The lowest BCUT2D eigenvalue weighted by Gasteiger charge is -2.49. The van der Waals surface area contributed by atoms with Gasteiger partial charge in [-0.1, -0.05) is 18.2 Å². The van der Waals surface area contributed by atoms with Crippen molar-refractivity contribution in [2.45, 2.75) is 24.7 Å². The summed E-state index contributed by atoms with van der Waals surface area (Å²) in [6.07, 6.45) is 4.03. The summed E-state index contributed by atoms with van der Waals surface area (Å²) in [6.45, 7) is 3.92. The average molecular weight is 296 g/mol. The van der Waals surface area contributed by atoms with E-state index in [2.05, 4.69) is 0 Å². The van der Waals surface area contributed by atoms with Crippen LogP contribution in [0.15, 0.2) is 36.4 Å². The summed E-state index contributed by atoms with van der Waals surface area (Å²) in [6, 6.07) is 6.41. The predicted molar refractivity (Wildman–Crippen MR) is 81.6 cm³/mol. The van der Waals surface area contributed by atoms with Gasteiger partial charge in [0.2, 0.25) is 0 Å². The Balaban J connectivity index is 2.18. The van der Waals surface area contributed by atoms with Gasteiger partial charge in [-0.05, 0) is 48.7 Å². The quantitative estimate of drug-likeness (QED) is 0.445. The molecule has 0 saturated heterocycles. The SMILES string of the molecule is CC12C=CC(C)(c3cc(O)c(O)cc31)c1c2ccc(O)c1O. The average Bonchev–Trinajstić information content (AvgIpc) is 2.47. The molecule has 3 aliphatic carbocycles. The summed E-state index contributed by atoms with van der Waals surface area (Å²) < 4.78 is 0. The smallest absolute Gasteiger partial charge is 0.162 e. The maximum Gasteiger partial charge on any atom is 0.162 e. The van der Waals surface area contributed by atoms with Crippen LogP contribution in [-0.2, 0) is 10.8 Å². The van der Waals surface area contributed by atoms with E-state index >= 15 is 0 Å². The van der Waals surface area contributed by atoms with Crippen molar-refractivity contribution in [2.24, 2.45) is 0 Å². The van der Waals surface area contributed by atoms with E-state index < -0.39 is 10.8 Å². The molecule has 0 heterocycles. The number of rotatable bonds is 0. The van der Waals surface area contributed by atoms with Crippen molar-refractivity contribution in [1.29, 1.82) is 0 Å². The molecule has 4 nitrogen and oxygen atoms in total. The molecule has 4 heteroatoms. The zero-order valence-corrected chi connectivity index (χ0v) is 12.3. The van der Waals surface area contributed by atoms with Crippen molar-refractivity contribution in [1.82, 2.24) is 0 Å². The molecule has 2 unspecified atom stereocenters. The minimum Gasteiger partial charge on any atom is -0.504 e. The van der Waals surface area contributed by atoms with Gasteiger partial charge in [0, 0.05) is 16.4 Å². The minimum absolute atomic E-state index is 0.131. The normalized spacial score (nSPS) is 27.5. The second kappa shape index (κ2) is 3.58. The molecule has 112 valence electrons. The highest BCUT2D eigenvalue weighted by Crippen LogP contribution is 2.60. The Bertz CT molecular complexity index is 864. The van der Waals surface area contributed by atoms with Crippen LogP contribution in [0.25, 0.3) is 0 Å². The summed E-state index contributed by atoms with van der Waals surface area (Å²) in [5, 5.41) is 40.1. The summed E-state index contributed by atoms with van der Waals surface area (Å²) >= 11 is 0. The van der Waals surface area contributed by atoms with E-state index in [1.165, 1.54) is 6.07 Å². The van der Waals surface area contributed by atoms with Gasteiger partial charge in [-0.15, -0.1) is 0 Å². The minimum atomic E-state index is -0.670. The molecule has 2 bridgehead atoms. The van der Waals surface area contributed by atoms with E-state index in [1.54, 1.807) is 18.2 Å². The summed E-state index contributed by atoms with van der Waals surface area (Å²) in [5.41, 5.74) is 2.06. The lowest BCUT2D eigenvalue weighted by molar-refractivity contribution is 0.382. The molecule has 22 heavy (non-hydrogen) atoms. The number of allylic oxidation sites excluding steroid dienone is 2. The van der Waals surface area contributed by atoms with E-state index in [1.807, 2.05) is 26.0 Å². The van der Waals surface area contributed by atoms with E-state index in [0.29, 0.717) is 5.56 Å². The molecule has 2 aromatic carbocycles. The number of hydrogen-bond acceptors (Lipinski definition) is 4. The standard InChI is InChI=1S/C18H16O4/c1-17-5-6-18(2,11-8-14(21)13(20)7-10(11)17)15-9(17)3-4-12(19)16(15)22/h3-8,19-22H,1-2H3. The third-order valence-electron chi connectivity index (χ3n) is 5.22. The molecule has 4 N–H and O–H groups in total. The molecule has 0 spiro atoms. The maximum atomic E-state index is 10.4. The van der Waals surface area contributed by atoms with Crippen LogP contribution in [0.1, 0.15) is 36.1 Å². The van der Waals surface area contributed by atoms with Gasteiger partial charge in [-0.25, -0.2) is 0 Å². The topological polar surface area (TPSA) is 80.9 Å². The Hall–Kier alpha value is -2.62. The number of hydrogen-bond donors (Lipinski definition) is 4. The molecule has 3 aliphatic rings. The largest absolute Gasteiger partial charge is 0.504 e. The van der Waals surface area contributed by atoms with Gasteiger partial charge < -0.3 is 20.4 Å². The second-order valence-electron chi connectivity index (χ2n) is 6.48. The summed E-state index contributed by atoms with van der Waals surface area (Å²) in [7, 11) is 0. The Morgan fingerprint density at radius 2 is 1.23 bits per heavy atom. The Morgan fingerprint density at radius 1 is 0.682 bits per heavy atom. The fourth-order valence-corrected chi connectivity index (χ4v) is 3.94. The molecule has 2 aromatic rings. The molecule has 2 atom stereocenters. The van der Waals surface area contributed by atoms with Gasteiger partial charge in [0.25, 0.3) is 0 Å². The second-order valence-corrected chi connectivity index (χ2v) is 6.48. The Labute approximate surface area is 127 Å². The van der Waals surface area contributed by atoms with E-state index in [4.69, 9.17) is 0 Å². The molecule has 0 aromatic heterocycles. The first-order valence-electron chi connectivity index (χ1n) is 7.12. The van der Waals surface area contributed by atoms with Crippen LogP contribution >= 0.6 is 0 Å². The molecule has 0 aliphatic heterocycles. The van der Waals surface area contributed by atoms with Crippen molar-refractivity contribution >= 4 is 0 Å². The van der Waals surface area contributed by atoms with Crippen molar-refractivity contribution in [3.05, 3.63) is 58.7 Å². The molecular weight excluding hydrogens is 280 g/mol. The predicted octanol–water partition coefficient (Wildman–Crippen LogP) is 3.00. The van der Waals surface area contributed by atoms with Crippen molar-refractivity contribution in [3.63, 3.8) is 0 Å². The van der Waals surface area contributed by atoms with Gasteiger partial charge in [0.1, 0.15) is 0 Å². The first-order valence-corrected chi connectivity index (χ1v) is 7.12. The Kier molecular flexibility index (Phi) is 2.13. The molecule has 5 rings (SSSR count). The molecule has 0 amide bonds. The van der Waals surface area contributed by atoms with E-state index in [-0.39, 0.29) is 23.0 Å². The van der Waals surface area contributed by atoms with E-state index in [0.717, 1.165) is 16.7 Å². The lowest BCUT2D eigenvalue weighted by Crippen LogP contribution is -2.42. The summed E-state index contributed by atoms with van der Waals surface area (Å²) in [4.78, 5) is 0. The van der Waals surface area contributed by atoms with Crippen LogP contribution < -0.4 is 0 Å². The highest BCUT2D eigenvalue weighted by molar-refractivity contribution is 5.73. The molecule has 0 radical (unpaired) electrons. The number of benzene rings is 2. The highest BCUT2D eigenvalue weighted by Gasteiger charge is 2.50. The van der Waals surface area contributed by atoms with Crippen LogP contribution in [0.5, 0.6) is 23.0 Å². The Morgan fingerprint density at radius 3 is 1.86 bits per heavy atom. The van der Waals surface area contributed by atoms with Gasteiger partial charge in [0.15, 0.2) is 23.0 Å². The van der Waals surface area contributed by atoms with Gasteiger partial charge in [-0.3, -0.25) is 0 Å². The van der Waals surface area contributed by atoms with Crippen LogP contribution in [0.3, 0.4) is 0 Å². The number of aromatic hydroxyl groups is 4. The monoisotopic (exact) mass is 296 g/mol. The van der Waals surface area contributed by atoms with Gasteiger partial charge in [-0.2, -0.15) is 0 Å².